The molecule has 0 saturated heterocycles. The van der Waals surface area contributed by atoms with Gasteiger partial charge in [-0.1, -0.05) is 23.7 Å². The summed E-state index contributed by atoms with van der Waals surface area (Å²) in [7, 11) is -2.33. The summed E-state index contributed by atoms with van der Waals surface area (Å²) in [6.45, 7) is 0.156. The van der Waals surface area contributed by atoms with Gasteiger partial charge in [0.25, 0.3) is 10.0 Å². The first kappa shape index (κ1) is 23.2. The van der Waals surface area contributed by atoms with E-state index in [9.17, 15) is 13.2 Å². The second-order valence-corrected chi connectivity index (χ2v) is 8.38. The molecule has 1 aromatic heterocycles. The summed E-state index contributed by atoms with van der Waals surface area (Å²) in [5.41, 5.74) is 1.25. The zero-order valence-electron chi connectivity index (χ0n) is 16.9. The normalized spacial score (nSPS) is 11.3. The van der Waals surface area contributed by atoms with Gasteiger partial charge >= 0.3 is 0 Å². The zero-order chi connectivity index (χ0) is 23.0. The zero-order valence-corrected chi connectivity index (χ0v) is 18.4. The lowest BCUT2D eigenvalue weighted by molar-refractivity contribution is -0.111. The Bertz CT molecular complexity index is 1180. The van der Waals surface area contributed by atoms with Crippen LogP contribution in [0.2, 0.25) is 5.15 Å². The van der Waals surface area contributed by atoms with Gasteiger partial charge < -0.3 is 14.8 Å². The molecule has 32 heavy (non-hydrogen) atoms. The van der Waals surface area contributed by atoms with Crippen LogP contribution in [0.1, 0.15) is 5.56 Å². The van der Waals surface area contributed by atoms with E-state index < -0.39 is 10.0 Å². The molecule has 3 rings (SSSR count). The van der Waals surface area contributed by atoms with Crippen molar-refractivity contribution in [2.45, 2.75) is 4.90 Å². The first-order valence-electron chi connectivity index (χ1n) is 9.19. The Kier molecular flexibility index (Phi) is 7.77. The van der Waals surface area contributed by atoms with E-state index in [0.29, 0.717) is 11.4 Å². The number of amides is 1. The number of carbonyl (C=O) groups is 1. The van der Waals surface area contributed by atoms with E-state index in [1.54, 1.807) is 30.3 Å². The maximum Gasteiger partial charge on any atom is 0.263 e. The topological polar surface area (TPSA) is 120 Å². The third-order valence-corrected chi connectivity index (χ3v) is 5.53. The molecule has 0 aliphatic rings. The molecule has 9 nitrogen and oxygen atoms in total. The van der Waals surface area contributed by atoms with E-state index in [1.807, 2.05) is 0 Å². The highest BCUT2D eigenvalue weighted by Crippen LogP contribution is 2.18. The lowest BCUT2D eigenvalue weighted by Crippen LogP contribution is -2.14. The van der Waals surface area contributed by atoms with Gasteiger partial charge in [-0.3, -0.25) is 9.52 Å². The van der Waals surface area contributed by atoms with Gasteiger partial charge in [-0.05, 0) is 60.2 Å². The second-order valence-electron chi connectivity index (χ2n) is 6.31. The van der Waals surface area contributed by atoms with Crippen LogP contribution in [-0.4, -0.2) is 38.4 Å². The summed E-state index contributed by atoms with van der Waals surface area (Å²) < 4.78 is 37.3. The van der Waals surface area contributed by atoms with Gasteiger partial charge in [-0.2, -0.15) is 0 Å². The Morgan fingerprint density at radius 1 is 1.03 bits per heavy atom. The molecule has 0 bridgehead atoms. The highest BCUT2D eigenvalue weighted by atomic mass is 35.5. The molecule has 11 heteroatoms. The van der Waals surface area contributed by atoms with Crippen molar-refractivity contribution in [2.24, 2.45) is 0 Å². The third-order valence-electron chi connectivity index (χ3n) is 3.95. The predicted octanol–water partition coefficient (Wildman–Crippen LogP) is 3.57. The van der Waals surface area contributed by atoms with Crippen molar-refractivity contribution in [2.75, 3.05) is 23.9 Å². The summed E-state index contributed by atoms with van der Waals surface area (Å²) in [6.07, 6.45) is 3.02. The van der Waals surface area contributed by atoms with Gasteiger partial charge in [0.2, 0.25) is 5.91 Å². The maximum atomic E-state index is 12.4. The number of rotatable bonds is 9. The number of methoxy groups -OCH3 is 1. The molecular formula is C21H19ClN4O5S. The number of nitrogens with one attached hydrogen (secondary N) is 2. The Labute approximate surface area is 190 Å². The van der Waals surface area contributed by atoms with E-state index >= 15 is 0 Å². The lowest BCUT2D eigenvalue weighted by Gasteiger charge is -2.08. The molecule has 0 aliphatic carbocycles. The molecule has 3 aromatic rings. The Hall–Kier alpha value is -3.47. The number of nitrogens with zero attached hydrogens (tertiary/aromatic N) is 2. The van der Waals surface area contributed by atoms with Gasteiger partial charge in [0.15, 0.2) is 17.8 Å². The van der Waals surface area contributed by atoms with Crippen molar-refractivity contribution >= 4 is 45.1 Å². The average Bonchev–Trinajstić information content (AvgIpc) is 2.79. The first-order valence-corrected chi connectivity index (χ1v) is 11.0. The molecule has 0 fully saturated rings. The van der Waals surface area contributed by atoms with Gasteiger partial charge in [0.1, 0.15) is 5.75 Å². The number of aromatic nitrogens is 2. The van der Waals surface area contributed by atoms with Gasteiger partial charge in [0.05, 0.1) is 4.90 Å². The first-order chi connectivity index (χ1) is 15.4. The van der Waals surface area contributed by atoms with E-state index in [2.05, 4.69) is 20.2 Å². The molecule has 166 valence electrons. The molecule has 0 aliphatic heterocycles. The fourth-order valence-electron chi connectivity index (χ4n) is 2.44. The number of halogens is 1. The highest BCUT2D eigenvalue weighted by Gasteiger charge is 2.15. The Balaban J connectivity index is 1.58. The fraction of sp³-hybridized carbons (Fsp3) is 0.0952. The van der Waals surface area contributed by atoms with Gasteiger partial charge in [-0.25, -0.2) is 8.42 Å². The molecule has 0 saturated carbocycles. The van der Waals surface area contributed by atoms with Crippen molar-refractivity contribution in [3.05, 3.63) is 77.5 Å². The Morgan fingerprint density at radius 3 is 2.38 bits per heavy atom. The molecule has 0 atom stereocenters. The van der Waals surface area contributed by atoms with Crippen LogP contribution >= 0.6 is 11.6 Å². The van der Waals surface area contributed by atoms with Crippen molar-refractivity contribution in [1.82, 2.24) is 10.2 Å². The summed E-state index contributed by atoms with van der Waals surface area (Å²) in [5.74, 6) is 0.325. The minimum Gasteiger partial charge on any atom is -0.468 e. The van der Waals surface area contributed by atoms with E-state index in [4.69, 9.17) is 21.1 Å². The molecule has 1 heterocycles. The van der Waals surface area contributed by atoms with Crippen LogP contribution in [-0.2, 0) is 19.6 Å². The summed E-state index contributed by atoms with van der Waals surface area (Å²) in [4.78, 5) is 12.1. The van der Waals surface area contributed by atoms with Crippen LogP contribution in [0.15, 0.2) is 71.6 Å². The quantitative estimate of drug-likeness (QED) is 0.359. The van der Waals surface area contributed by atoms with Crippen LogP contribution < -0.4 is 14.8 Å². The third kappa shape index (κ3) is 6.77. The van der Waals surface area contributed by atoms with Crippen molar-refractivity contribution < 1.29 is 22.7 Å². The number of benzene rings is 2. The summed E-state index contributed by atoms with van der Waals surface area (Å²) in [6, 6.07) is 15.6. The van der Waals surface area contributed by atoms with Crippen molar-refractivity contribution in [3.8, 4) is 5.75 Å². The molecule has 2 N–H and O–H groups in total. The number of hydrogen-bond acceptors (Lipinski definition) is 7. The highest BCUT2D eigenvalue weighted by molar-refractivity contribution is 7.92. The van der Waals surface area contributed by atoms with Crippen LogP contribution in [0.5, 0.6) is 5.75 Å². The maximum absolute atomic E-state index is 12.4. The SMILES string of the molecule is COCOc1ccc(/C=C/C(=O)Nc2ccc(S(=O)(=O)Nc3ccc(Cl)nn3)cc2)cc1. The van der Waals surface area contributed by atoms with Crippen molar-refractivity contribution in [1.29, 1.82) is 0 Å². The van der Waals surface area contributed by atoms with Gasteiger partial charge in [0, 0.05) is 18.9 Å². The van der Waals surface area contributed by atoms with Crippen LogP contribution in [0.4, 0.5) is 11.5 Å². The molecule has 2 aromatic carbocycles. The Morgan fingerprint density at radius 2 is 1.75 bits per heavy atom. The predicted molar refractivity (Wildman–Crippen MR) is 121 cm³/mol. The van der Waals surface area contributed by atoms with Gasteiger partial charge in [-0.15, -0.1) is 10.2 Å². The number of ether oxygens (including phenoxy) is 2. The second kappa shape index (κ2) is 10.7. The monoisotopic (exact) mass is 474 g/mol. The smallest absolute Gasteiger partial charge is 0.263 e. The number of carbonyl (C=O) groups excluding carboxylic acids is 1. The molecule has 0 radical (unpaired) electrons. The lowest BCUT2D eigenvalue weighted by atomic mass is 10.2. The molecule has 0 unspecified atom stereocenters. The van der Waals surface area contributed by atoms with E-state index in [0.717, 1.165) is 5.56 Å². The number of sulfonamides is 1. The molecule has 1 amide bonds. The van der Waals surface area contributed by atoms with Crippen molar-refractivity contribution in [3.63, 3.8) is 0 Å². The van der Waals surface area contributed by atoms with E-state index in [-0.39, 0.29) is 28.6 Å². The van der Waals surface area contributed by atoms with Crippen LogP contribution in [0.25, 0.3) is 6.08 Å². The average molecular weight is 475 g/mol. The summed E-state index contributed by atoms with van der Waals surface area (Å²) >= 11 is 5.64. The standard InChI is InChI=1S/C21H19ClN4O5S/c1-30-14-31-17-7-2-15(3-8-17)4-13-21(27)23-16-5-9-18(10-6-16)32(28,29)26-20-12-11-19(22)24-25-20/h2-13H,14H2,1H3,(H,23,27)(H,25,26)/b13-4+. The largest absolute Gasteiger partial charge is 0.468 e. The molecular weight excluding hydrogens is 456 g/mol. The number of hydrogen-bond donors (Lipinski definition) is 2. The number of anilines is 2. The minimum absolute atomic E-state index is 0.00132. The van der Waals surface area contributed by atoms with Crippen LogP contribution in [0.3, 0.4) is 0 Å². The van der Waals surface area contributed by atoms with E-state index in [1.165, 1.54) is 49.6 Å². The summed E-state index contributed by atoms with van der Waals surface area (Å²) in [5, 5.41) is 10.1. The fourth-order valence-corrected chi connectivity index (χ4v) is 3.54. The minimum atomic E-state index is -3.87. The van der Waals surface area contributed by atoms with Crippen LogP contribution in [0, 0.1) is 0 Å². The molecule has 0 spiro atoms.